The maximum atomic E-state index is 11.5. The van der Waals surface area contributed by atoms with Crippen molar-refractivity contribution in [3.63, 3.8) is 0 Å². The highest BCUT2D eigenvalue weighted by Gasteiger charge is 2.94. The van der Waals surface area contributed by atoms with Crippen molar-refractivity contribution in [3.8, 4) is 0 Å². The summed E-state index contributed by atoms with van der Waals surface area (Å²) >= 11 is 0. The molecular formula is C14H14O5. The molecule has 2 saturated heterocycles. The van der Waals surface area contributed by atoms with Gasteiger partial charge in [0.15, 0.2) is 5.92 Å². The van der Waals surface area contributed by atoms with Crippen LogP contribution in [0, 0.1) is 53.3 Å². The average Bonchev–Trinajstić information content (AvgIpc) is 2.87. The summed E-state index contributed by atoms with van der Waals surface area (Å²) in [6, 6.07) is 0. The first-order chi connectivity index (χ1) is 9.09. The van der Waals surface area contributed by atoms with E-state index in [9.17, 15) is 19.8 Å². The summed E-state index contributed by atoms with van der Waals surface area (Å²) in [7, 11) is 0. The minimum Gasteiger partial charge on any atom is -0.481 e. The third-order valence-corrected chi connectivity index (χ3v) is 7.71. The van der Waals surface area contributed by atoms with E-state index in [1.54, 1.807) is 0 Å². The highest BCUT2D eigenvalue weighted by atomic mass is 16.5. The second-order valence-corrected chi connectivity index (χ2v) is 7.47. The molecule has 2 aliphatic heterocycles. The molecule has 7 rings (SSSR count). The van der Waals surface area contributed by atoms with Gasteiger partial charge in [-0.25, -0.2) is 0 Å². The fourth-order valence-corrected chi connectivity index (χ4v) is 8.03. The Balaban J connectivity index is 1.60. The van der Waals surface area contributed by atoms with Gasteiger partial charge in [-0.2, -0.15) is 0 Å². The van der Waals surface area contributed by atoms with Crippen LogP contribution in [0.25, 0.3) is 0 Å². The van der Waals surface area contributed by atoms with Gasteiger partial charge in [0.25, 0.3) is 0 Å². The normalized spacial score (nSPS) is 67.5. The predicted octanol–water partition coefficient (Wildman–Crippen LogP) is 0.297. The van der Waals surface area contributed by atoms with Crippen molar-refractivity contribution in [1.82, 2.24) is 0 Å². The molecule has 0 spiro atoms. The molecule has 0 amide bonds. The van der Waals surface area contributed by atoms with Crippen LogP contribution in [-0.2, 0) is 14.3 Å². The minimum atomic E-state index is -1.36. The van der Waals surface area contributed by atoms with E-state index >= 15 is 0 Å². The van der Waals surface area contributed by atoms with Gasteiger partial charge in [0, 0.05) is 0 Å². The minimum absolute atomic E-state index is 0.190. The molecule has 2 unspecified atom stereocenters. The van der Waals surface area contributed by atoms with E-state index in [2.05, 4.69) is 0 Å². The van der Waals surface area contributed by atoms with Crippen molar-refractivity contribution in [2.24, 2.45) is 53.3 Å². The molecule has 2 N–H and O–H groups in total. The van der Waals surface area contributed by atoms with Crippen LogP contribution < -0.4 is 0 Å². The number of aliphatic carboxylic acids is 2. The summed E-state index contributed by atoms with van der Waals surface area (Å²) in [5.41, 5.74) is -0.852. The first kappa shape index (κ1) is 9.75. The largest absolute Gasteiger partial charge is 0.481 e. The molecule has 5 nitrogen and oxygen atoms in total. The fourth-order valence-electron chi connectivity index (χ4n) is 8.03. The quantitative estimate of drug-likeness (QED) is 0.714. The lowest BCUT2D eigenvalue weighted by Gasteiger charge is -2.46. The Morgan fingerprint density at radius 2 is 1.74 bits per heavy atom. The van der Waals surface area contributed by atoms with E-state index < -0.39 is 23.5 Å². The van der Waals surface area contributed by atoms with Gasteiger partial charge in [0.2, 0.25) is 0 Å². The Hall–Kier alpha value is -1.10. The summed E-state index contributed by atoms with van der Waals surface area (Å²) in [6.07, 6.45) is 1.40. The number of carboxylic acid groups (broad SMARTS) is 2. The van der Waals surface area contributed by atoms with E-state index in [1.807, 2.05) is 0 Å². The summed E-state index contributed by atoms with van der Waals surface area (Å²) in [4.78, 5) is 23.1. The zero-order chi connectivity index (χ0) is 12.8. The van der Waals surface area contributed by atoms with Gasteiger partial charge in [0.1, 0.15) is 0 Å². The number of rotatable bonds is 3. The van der Waals surface area contributed by atoms with Gasteiger partial charge in [0.05, 0.1) is 11.7 Å². The van der Waals surface area contributed by atoms with E-state index in [0.29, 0.717) is 23.7 Å². The Morgan fingerprint density at radius 1 is 1.00 bits per heavy atom. The molecule has 0 aromatic heterocycles. The highest BCUT2D eigenvalue weighted by molar-refractivity contribution is 5.95. The predicted molar refractivity (Wildman–Crippen MR) is 58.9 cm³/mol. The van der Waals surface area contributed by atoms with Crippen LogP contribution in [-0.4, -0.2) is 33.9 Å². The standard InChI is InChI=1S/C14H14O5/c15-12(16)10(13(17)18)14-8-3-1-2-4-5(3)9(14)7(4)11(19-14)6(2)8/h2-11H,1H2,(H,15,16)(H,17,18)/t2-,3+,4-,5+,6+,7-,8?,9?,11-,14+/m0/s1. The highest BCUT2D eigenvalue weighted by Crippen LogP contribution is 2.91. The maximum Gasteiger partial charge on any atom is 0.320 e. The molecule has 5 saturated carbocycles. The van der Waals surface area contributed by atoms with Crippen LogP contribution in [0.4, 0.5) is 0 Å². The van der Waals surface area contributed by atoms with Crippen molar-refractivity contribution in [3.05, 3.63) is 0 Å². The molecule has 100 valence electrons. The molecular weight excluding hydrogens is 248 g/mol. The molecule has 0 aromatic carbocycles. The Morgan fingerprint density at radius 3 is 2.42 bits per heavy atom. The number of ether oxygens (including phenoxy) is 1. The smallest absolute Gasteiger partial charge is 0.320 e. The third kappa shape index (κ3) is 0.618. The van der Waals surface area contributed by atoms with Gasteiger partial charge in [-0.05, 0) is 53.8 Å². The van der Waals surface area contributed by atoms with Crippen molar-refractivity contribution in [2.45, 2.75) is 18.1 Å². The van der Waals surface area contributed by atoms with Gasteiger partial charge in [-0.1, -0.05) is 0 Å². The SMILES string of the molecule is O=C(O)C(C(=O)O)[C@@]12O[C@H]3[C@H]4C1[C@@H]1C[C@H]4[C@@H]4[C@H]3C2[C@@H]41. The lowest BCUT2D eigenvalue weighted by molar-refractivity contribution is -0.173. The first-order valence-electron chi connectivity index (χ1n) is 7.22. The summed E-state index contributed by atoms with van der Waals surface area (Å²) in [5, 5.41) is 18.8. The topological polar surface area (TPSA) is 83.8 Å². The van der Waals surface area contributed by atoms with E-state index in [0.717, 1.165) is 11.8 Å². The Labute approximate surface area is 108 Å². The molecule has 7 fully saturated rings. The van der Waals surface area contributed by atoms with Crippen molar-refractivity contribution < 1.29 is 24.5 Å². The zero-order valence-electron chi connectivity index (χ0n) is 10.1. The van der Waals surface area contributed by atoms with Gasteiger partial charge < -0.3 is 14.9 Å². The van der Waals surface area contributed by atoms with Crippen LogP contribution in [0.3, 0.4) is 0 Å². The average molecular weight is 262 g/mol. The lowest BCUT2D eigenvalue weighted by atomic mass is 9.55. The second-order valence-electron chi connectivity index (χ2n) is 7.47. The molecule has 5 aliphatic carbocycles. The molecule has 19 heavy (non-hydrogen) atoms. The summed E-state index contributed by atoms with van der Waals surface area (Å²) in [5.74, 6) is 0.281. The lowest BCUT2D eigenvalue weighted by Crippen LogP contribution is -2.56. The molecule has 10 atom stereocenters. The van der Waals surface area contributed by atoms with Crippen molar-refractivity contribution in [2.75, 3.05) is 0 Å². The second kappa shape index (κ2) is 2.32. The monoisotopic (exact) mass is 262 g/mol. The van der Waals surface area contributed by atoms with Gasteiger partial charge in [-0.15, -0.1) is 0 Å². The summed E-state index contributed by atoms with van der Waals surface area (Å²) < 4.78 is 6.18. The molecule has 5 heteroatoms. The van der Waals surface area contributed by atoms with Crippen molar-refractivity contribution >= 4 is 11.9 Å². The zero-order valence-corrected chi connectivity index (χ0v) is 10.1. The molecule has 0 aromatic rings. The molecule has 2 heterocycles. The number of hydrogen-bond acceptors (Lipinski definition) is 3. The number of carbonyl (C=O) groups is 2. The van der Waals surface area contributed by atoms with Crippen LogP contribution >= 0.6 is 0 Å². The fraction of sp³-hybridized carbons (Fsp3) is 0.857. The third-order valence-electron chi connectivity index (χ3n) is 7.71. The van der Waals surface area contributed by atoms with E-state index in [-0.39, 0.29) is 17.9 Å². The van der Waals surface area contributed by atoms with Crippen molar-refractivity contribution in [1.29, 1.82) is 0 Å². The van der Waals surface area contributed by atoms with Crippen LogP contribution in [0.15, 0.2) is 0 Å². The van der Waals surface area contributed by atoms with Gasteiger partial charge in [-0.3, -0.25) is 9.59 Å². The summed E-state index contributed by atoms with van der Waals surface area (Å²) in [6.45, 7) is 0. The molecule has 4 bridgehead atoms. The molecule has 7 aliphatic rings. The number of hydrogen-bond donors (Lipinski definition) is 2. The van der Waals surface area contributed by atoms with Crippen LogP contribution in [0.1, 0.15) is 6.42 Å². The van der Waals surface area contributed by atoms with E-state index in [1.165, 1.54) is 6.42 Å². The molecule has 0 radical (unpaired) electrons. The number of carboxylic acids is 2. The Bertz CT molecular complexity index is 548. The maximum absolute atomic E-state index is 11.5. The van der Waals surface area contributed by atoms with E-state index in [4.69, 9.17) is 4.74 Å². The van der Waals surface area contributed by atoms with Gasteiger partial charge >= 0.3 is 11.9 Å². The van der Waals surface area contributed by atoms with Crippen LogP contribution in [0.2, 0.25) is 0 Å². The first-order valence-corrected chi connectivity index (χ1v) is 7.22. The Kier molecular flexibility index (Phi) is 1.19. The van der Waals surface area contributed by atoms with Crippen LogP contribution in [0.5, 0.6) is 0 Å².